The van der Waals surface area contributed by atoms with Gasteiger partial charge in [0.05, 0.1) is 23.0 Å². The lowest BCUT2D eigenvalue weighted by atomic mass is 10.0. The van der Waals surface area contributed by atoms with E-state index >= 15 is 0 Å². The van der Waals surface area contributed by atoms with Crippen LogP contribution in [0.5, 0.6) is 0 Å². The molecule has 0 saturated carbocycles. The van der Waals surface area contributed by atoms with Gasteiger partial charge in [0.2, 0.25) is 10.0 Å². The Bertz CT molecular complexity index is 1370. The summed E-state index contributed by atoms with van der Waals surface area (Å²) in [5, 5.41) is 0. The number of rotatable bonds is 6. The fourth-order valence-corrected chi connectivity index (χ4v) is 4.16. The van der Waals surface area contributed by atoms with Gasteiger partial charge in [0.15, 0.2) is 0 Å². The Morgan fingerprint density at radius 2 is 1.74 bits per heavy atom. The van der Waals surface area contributed by atoms with E-state index in [1.807, 2.05) is 54.1 Å². The predicted octanol–water partition coefficient (Wildman–Crippen LogP) is 5.34. The van der Waals surface area contributed by atoms with Crippen LogP contribution >= 0.6 is 0 Å². The van der Waals surface area contributed by atoms with E-state index in [0.717, 1.165) is 46.2 Å². The number of aryl methyl sites for hydroxylation is 2. The maximum Gasteiger partial charge on any atom is 0.229 e. The van der Waals surface area contributed by atoms with Crippen LogP contribution in [-0.2, 0) is 23.5 Å². The maximum atomic E-state index is 11.7. The summed E-state index contributed by atoms with van der Waals surface area (Å²) < 4.78 is 28.1. The number of benzene rings is 3. The molecule has 1 aromatic heterocycles. The highest BCUT2D eigenvalue weighted by atomic mass is 32.2. The summed E-state index contributed by atoms with van der Waals surface area (Å²) in [5.74, 6) is 0.856. The Morgan fingerprint density at radius 1 is 1.00 bits per heavy atom. The van der Waals surface area contributed by atoms with Crippen LogP contribution in [0.15, 0.2) is 66.7 Å². The standard InChI is InChI=1S/C25H25N3O2S/c1-4-18-9-11-19(12-10-18)13-16-25-26-23-15-14-20(17-24(23)28(25)2)21-7-5-6-8-22(21)27-31(3,29)30/h5-17,27H,4H2,1-3H3/b16-13+. The van der Waals surface area contributed by atoms with Gasteiger partial charge in [-0.25, -0.2) is 13.4 Å². The number of nitrogens with one attached hydrogen (secondary N) is 1. The smallest absolute Gasteiger partial charge is 0.229 e. The van der Waals surface area contributed by atoms with Crippen molar-refractivity contribution in [3.63, 3.8) is 0 Å². The lowest BCUT2D eigenvalue weighted by Gasteiger charge is -2.11. The zero-order valence-corrected chi connectivity index (χ0v) is 18.6. The molecule has 1 heterocycles. The lowest BCUT2D eigenvalue weighted by Crippen LogP contribution is -2.10. The molecule has 4 rings (SSSR count). The number of hydrogen-bond donors (Lipinski definition) is 1. The molecule has 0 aliphatic rings. The van der Waals surface area contributed by atoms with Crippen LogP contribution in [0.3, 0.4) is 0 Å². The molecule has 0 amide bonds. The SMILES string of the molecule is CCc1ccc(/C=C/c2nc3ccc(-c4ccccc4NS(C)(=O)=O)cc3n2C)cc1. The molecule has 158 valence electrons. The number of sulfonamides is 1. The minimum Gasteiger partial charge on any atom is -0.328 e. The largest absolute Gasteiger partial charge is 0.328 e. The molecule has 0 radical (unpaired) electrons. The minimum absolute atomic E-state index is 0.558. The van der Waals surface area contributed by atoms with Crippen molar-refractivity contribution in [2.24, 2.45) is 7.05 Å². The third-order valence-electron chi connectivity index (χ3n) is 5.26. The van der Waals surface area contributed by atoms with Gasteiger partial charge < -0.3 is 4.57 Å². The molecular weight excluding hydrogens is 406 g/mol. The summed E-state index contributed by atoms with van der Waals surface area (Å²) in [6, 6.07) is 21.9. The van der Waals surface area contributed by atoms with Crippen LogP contribution in [0.25, 0.3) is 34.3 Å². The van der Waals surface area contributed by atoms with Crippen LogP contribution in [0.1, 0.15) is 23.9 Å². The fraction of sp³-hybridized carbons (Fsp3) is 0.160. The van der Waals surface area contributed by atoms with Gasteiger partial charge in [-0.1, -0.05) is 61.5 Å². The molecule has 0 bridgehead atoms. The van der Waals surface area contributed by atoms with Gasteiger partial charge in [-0.15, -0.1) is 0 Å². The van der Waals surface area contributed by atoms with E-state index in [-0.39, 0.29) is 0 Å². The highest BCUT2D eigenvalue weighted by Crippen LogP contribution is 2.31. The van der Waals surface area contributed by atoms with Crippen molar-refractivity contribution in [3.05, 3.63) is 83.7 Å². The number of aromatic nitrogens is 2. The number of para-hydroxylation sites is 1. The van der Waals surface area contributed by atoms with Gasteiger partial charge in [-0.05, 0) is 47.4 Å². The molecule has 0 atom stereocenters. The normalized spacial score (nSPS) is 12.0. The predicted molar refractivity (Wildman–Crippen MR) is 129 cm³/mol. The van der Waals surface area contributed by atoms with Crippen molar-refractivity contribution < 1.29 is 8.42 Å². The summed E-state index contributed by atoms with van der Waals surface area (Å²) in [4.78, 5) is 4.74. The third kappa shape index (κ3) is 4.70. The molecular formula is C25H25N3O2S. The highest BCUT2D eigenvalue weighted by molar-refractivity contribution is 7.92. The first-order chi connectivity index (χ1) is 14.8. The lowest BCUT2D eigenvalue weighted by molar-refractivity contribution is 0.607. The summed E-state index contributed by atoms with van der Waals surface area (Å²) in [7, 11) is -1.38. The Kier molecular flexibility index (Phi) is 5.65. The summed E-state index contributed by atoms with van der Waals surface area (Å²) in [6.07, 6.45) is 6.26. The van der Waals surface area contributed by atoms with Gasteiger partial charge >= 0.3 is 0 Å². The summed E-state index contributed by atoms with van der Waals surface area (Å²) in [5.41, 5.74) is 6.62. The molecule has 0 aliphatic heterocycles. The molecule has 0 fully saturated rings. The van der Waals surface area contributed by atoms with Crippen molar-refractivity contribution in [3.8, 4) is 11.1 Å². The molecule has 31 heavy (non-hydrogen) atoms. The van der Waals surface area contributed by atoms with E-state index in [1.165, 1.54) is 5.56 Å². The second-order valence-corrected chi connectivity index (χ2v) is 9.33. The zero-order valence-electron chi connectivity index (χ0n) is 17.8. The third-order valence-corrected chi connectivity index (χ3v) is 5.85. The van der Waals surface area contributed by atoms with Gasteiger partial charge in [0.25, 0.3) is 0 Å². The first kappa shape index (κ1) is 20.9. The number of hydrogen-bond acceptors (Lipinski definition) is 3. The maximum absolute atomic E-state index is 11.7. The van der Waals surface area contributed by atoms with Crippen molar-refractivity contribution >= 4 is 38.9 Å². The quantitative estimate of drug-likeness (QED) is 0.448. The Labute approximate surface area is 183 Å². The number of anilines is 1. The van der Waals surface area contributed by atoms with Crippen LogP contribution < -0.4 is 4.72 Å². The molecule has 4 aromatic rings. The van der Waals surface area contributed by atoms with Crippen LogP contribution in [0, 0.1) is 0 Å². The van der Waals surface area contributed by atoms with Gasteiger partial charge in [0.1, 0.15) is 5.82 Å². The molecule has 6 heteroatoms. The average Bonchev–Trinajstić information content (AvgIpc) is 3.07. The number of nitrogens with zero attached hydrogens (tertiary/aromatic N) is 2. The molecule has 0 spiro atoms. The summed E-state index contributed by atoms with van der Waals surface area (Å²) in [6.45, 7) is 2.15. The van der Waals surface area contributed by atoms with Gasteiger partial charge in [-0.3, -0.25) is 4.72 Å². The van der Waals surface area contributed by atoms with E-state index in [4.69, 9.17) is 4.98 Å². The summed E-state index contributed by atoms with van der Waals surface area (Å²) >= 11 is 0. The van der Waals surface area contributed by atoms with E-state index in [9.17, 15) is 8.42 Å². The Hall–Kier alpha value is -3.38. The topological polar surface area (TPSA) is 64.0 Å². The van der Waals surface area contributed by atoms with Crippen LogP contribution in [-0.4, -0.2) is 24.2 Å². The number of imidazole rings is 1. The van der Waals surface area contributed by atoms with Crippen LogP contribution in [0.4, 0.5) is 5.69 Å². The van der Waals surface area contributed by atoms with E-state index in [0.29, 0.717) is 5.69 Å². The monoisotopic (exact) mass is 431 g/mol. The molecule has 0 aliphatic carbocycles. The first-order valence-corrected chi connectivity index (χ1v) is 12.0. The van der Waals surface area contributed by atoms with Crippen molar-refractivity contribution in [2.45, 2.75) is 13.3 Å². The van der Waals surface area contributed by atoms with Gasteiger partial charge in [-0.2, -0.15) is 0 Å². The average molecular weight is 432 g/mol. The fourth-order valence-electron chi connectivity index (χ4n) is 3.58. The molecule has 1 N–H and O–H groups in total. The highest BCUT2D eigenvalue weighted by Gasteiger charge is 2.12. The number of fused-ring (bicyclic) bond motifs is 1. The van der Waals surface area contributed by atoms with Crippen molar-refractivity contribution in [1.82, 2.24) is 9.55 Å². The Balaban J connectivity index is 1.70. The zero-order chi connectivity index (χ0) is 22.0. The molecule has 5 nitrogen and oxygen atoms in total. The van der Waals surface area contributed by atoms with Gasteiger partial charge in [0, 0.05) is 12.6 Å². The van der Waals surface area contributed by atoms with E-state index in [2.05, 4.69) is 42.0 Å². The van der Waals surface area contributed by atoms with Crippen molar-refractivity contribution in [2.75, 3.05) is 11.0 Å². The second kappa shape index (κ2) is 8.40. The van der Waals surface area contributed by atoms with Crippen LogP contribution in [0.2, 0.25) is 0 Å². The first-order valence-electron chi connectivity index (χ1n) is 10.1. The Morgan fingerprint density at radius 3 is 2.45 bits per heavy atom. The van der Waals surface area contributed by atoms with E-state index < -0.39 is 10.0 Å². The molecule has 0 unspecified atom stereocenters. The van der Waals surface area contributed by atoms with Crippen molar-refractivity contribution in [1.29, 1.82) is 0 Å². The minimum atomic E-state index is -3.37. The second-order valence-electron chi connectivity index (χ2n) is 7.58. The van der Waals surface area contributed by atoms with E-state index in [1.54, 1.807) is 6.07 Å². The molecule has 0 saturated heterocycles. The molecule has 3 aromatic carbocycles.